The topological polar surface area (TPSA) is 59.1 Å². The zero-order valence-electron chi connectivity index (χ0n) is 15.1. The molecule has 0 aliphatic carbocycles. The van der Waals surface area contributed by atoms with Crippen molar-refractivity contribution in [2.75, 3.05) is 4.72 Å². The summed E-state index contributed by atoms with van der Waals surface area (Å²) in [6.07, 6.45) is 1.72. The molecule has 30 heavy (non-hydrogen) atoms. The van der Waals surface area contributed by atoms with E-state index in [1.165, 1.54) is 11.3 Å². The number of nitrogens with one attached hydrogen (secondary N) is 1. The summed E-state index contributed by atoms with van der Waals surface area (Å²) in [6, 6.07) is 14.3. The summed E-state index contributed by atoms with van der Waals surface area (Å²) in [5.74, 6) is -2.02. The van der Waals surface area contributed by atoms with Gasteiger partial charge in [0.25, 0.3) is 10.0 Å². The Hall–Kier alpha value is -2.81. The van der Waals surface area contributed by atoms with Crippen LogP contribution in [0.4, 0.5) is 14.5 Å². The van der Waals surface area contributed by atoms with Gasteiger partial charge < -0.3 is 0 Å². The number of aromatic nitrogens is 1. The zero-order chi connectivity index (χ0) is 21.3. The highest BCUT2D eigenvalue weighted by Gasteiger charge is 2.20. The Labute approximate surface area is 180 Å². The lowest BCUT2D eigenvalue weighted by molar-refractivity contribution is 0.551. The van der Waals surface area contributed by atoms with Crippen molar-refractivity contribution >= 4 is 38.6 Å². The van der Waals surface area contributed by atoms with Crippen LogP contribution < -0.4 is 4.72 Å². The average molecular weight is 463 g/mol. The van der Waals surface area contributed by atoms with Crippen LogP contribution in [0.5, 0.6) is 0 Å². The predicted octanol–water partition coefficient (Wildman–Crippen LogP) is 6.21. The first kappa shape index (κ1) is 20.5. The first-order valence-corrected chi connectivity index (χ1v) is 11.4. The van der Waals surface area contributed by atoms with Gasteiger partial charge in [0.05, 0.1) is 0 Å². The molecule has 0 fully saturated rings. The lowest BCUT2D eigenvalue weighted by Crippen LogP contribution is -2.14. The number of hydrogen-bond donors (Lipinski definition) is 1. The molecule has 0 amide bonds. The van der Waals surface area contributed by atoms with Gasteiger partial charge >= 0.3 is 0 Å². The molecule has 0 unspecified atom stereocenters. The molecule has 0 radical (unpaired) electrons. The zero-order valence-corrected chi connectivity index (χ0v) is 17.5. The molecule has 3 aromatic carbocycles. The summed E-state index contributed by atoms with van der Waals surface area (Å²) in [6.45, 7) is 0. The second kappa shape index (κ2) is 8.14. The van der Waals surface area contributed by atoms with Gasteiger partial charge in [0, 0.05) is 39.5 Å². The summed E-state index contributed by atoms with van der Waals surface area (Å²) in [5, 5.41) is 3.28. The van der Waals surface area contributed by atoms with Crippen molar-refractivity contribution in [2.45, 2.75) is 4.90 Å². The Bertz CT molecular complexity index is 1310. The molecule has 0 saturated heterocycles. The first-order chi connectivity index (χ1) is 14.3. The quantitative estimate of drug-likeness (QED) is 0.383. The lowest BCUT2D eigenvalue weighted by atomic mass is 10.0. The Balaban J connectivity index is 1.61. The highest BCUT2D eigenvalue weighted by Crippen LogP contribution is 2.34. The second-order valence-electron chi connectivity index (χ2n) is 6.29. The van der Waals surface area contributed by atoms with Gasteiger partial charge in [-0.05, 0) is 42.0 Å². The maximum Gasteiger partial charge on any atom is 0.264 e. The van der Waals surface area contributed by atoms with E-state index in [4.69, 9.17) is 11.6 Å². The van der Waals surface area contributed by atoms with Crippen molar-refractivity contribution < 1.29 is 17.2 Å². The van der Waals surface area contributed by atoms with Gasteiger partial charge in [-0.2, -0.15) is 0 Å². The Morgan fingerprint density at radius 3 is 2.33 bits per heavy atom. The molecule has 152 valence electrons. The molecule has 1 N–H and O–H groups in total. The molecule has 0 atom stereocenters. The Morgan fingerprint density at radius 1 is 0.933 bits per heavy atom. The van der Waals surface area contributed by atoms with Crippen molar-refractivity contribution in [3.05, 3.63) is 88.9 Å². The maximum absolute atomic E-state index is 13.9. The number of anilines is 1. The van der Waals surface area contributed by atoms with Crippen molar-refractivity contribution in [2.24, 2.45) is 0 Å². The van der Waals surface area contributed by atoms with Gasteiger partial charge in [0.2, 0.25) is 0 Å². The molecular weight excluding hydrogens is 450 g/mol. The third-order valence-corrected chi connectivity index (χ3v) is 6.84. The van der Waals surface area contributed by atoms with Gasteiger partial charge in [0.1, 0.15) is 21.5 Å². The number of hydrogen-bond acceptors (Lipinski definition) is 4. The van der Waals surface area contributed by atoms with Crippen molar-refractivity contribution in [1.82, 2.24) is 4.98 Å². The molecule has 0 aliphatic rings. The molecule has 0 aliphatic heterocycles. The van der Waals surface area contributed by atoms with Crippen LogP contribution in [0.3, 0.4) is 0 Å². The number of rotatable bonds is 5. The molecule has 1 heterocycles. The Morgan fingerprint density at radius 2 is 1.67 bits per heavy atom. The third kappa shape index (κ3) is 4.21. The fraction of sp³-hybridized carbons (Fsp3) is 0. The first-order valence-electron chi connectivity index (χ1n) is 8.61. The second-order valence-corrected chi connectivity index (χ2v) is 9.24. The highest BCUT2D eigenvalue weighted by atomic mass is 35.5. The summed E-state index contributed by atoms with van der Waals surface area (Å²) in [4.78, 5) is 3.66. The van der Waals surface area contributed by atoms with Crippen LogP contribution in [0, 0.1) is 11.6 Å². The fourth-order valence-corrected chi connectivity index (χ4v) is 4.85. The van der Waals surface area contributed by atoms with E-state index in [9.17, 15) is 17.2 Å². The van der Waals surface area contributed by atoms with Crippen molar-refractivity contribution in [1.29, 1.82) is 0 Å². The van der Waals surface area contributed by atoms with Crippen LogP contribution in [-0.4, -0.2) is 13.4 Å². The van der Waals surface area contributed by atoms with Crippen LogP contribution in [0.2, 0.25) is 5.02 Å². The lowest BCUT2D eigenvalue weighted by Gasteiger charge is -2.11. The highest BCUT2D eigenvalue weighted by molar-refractivity contribution is 7.92. The van der Waals surface area contributed by atoms with Gasteiger partial charge in [-0.15, -0.1) is 11.3 Å². The smallest absolute Gasteiger partial charge is 0.264 e. The molecule has 9 heteroatoms. The van der Waals surface area contributed by atoms with E-state index in [0.717, 1.165) is 33.8 Å². The molecule has 0 bridgehead atoms. The van der Waals surface area contributed by atoms with Crippen LogP contribution in [0.15, 0.2) is 77.1 Å². The van der Waals surface area contributed by atoms with Crippen molar-refractivity contribution in [3.63, 3.8) is 0 Å². The minimum Gasteiger partial charge on any atom is -0.280 e. The van der Waals surface area contributed by atoms with E-state index in [-0.39, 0.29) is 5.69 Å². The van der Waals surface area contributed by atoms with E-state index in [2.05, 4.69) is 9.71 Å². The van der Waals surface area contributed by atoms with Gasteiger partial charge in [0.15, 0.2) is 0 Å². The fourth-order valence-electron chi connectivity index (χ4n) is 2.87. The van der Waals surface area contributed by atoms with Gasteiger partial charge in [-0.1, -0.05) is 29.8 Å². The minimum atomic E-state index is -4.21. The average Bonchev–Trinajstić information content (AvgIpc) is 3.23. The van der Waals surface area contributed by atoms with E-state index < -0.39 is 26.6 Å². The molecule has 0 saturated carbocycles. The summed E-state index contributed by atoms with van der Waals surface area (Å²) >= 11 is 7.86. The minimum absolute atomic E-state index is 0.231. The van der Waals surface area contributed by atoms with Crippen LogP contribution >= 0.6 is 22.9 Å². The molecule has 4 rings (SSSR count). The monoisotopic (exact) mass is 462 g/mol. The van der Waals surface area contributed by atoms with E-state index in [0.29, 0.717) is 11.1 Å². The SMILES string of the molecule is O=S(=O)(Nc1ccc(-c2cc(-c3nccs3)ccc2Cl)cc1)c1ccc(F)cc1F. The number of thiazole rings is 1. The predicted molar refractivity (Wildman–Crippen MR) is 115 cm³/mol. The summed E-state index contributed by atoms with van der Waals surface area (Å²) in [7, 11) is -4.21. The molecular formula is C21H13ClF2N2O2S2. The standard InChI is InChI=1S/C21H13ClF2N2O2S2/c22-18-7-3-14(21-25-9-10-29-21)11-17(18)13-1-5-16(6-2-13)26-30(27,28)20-8-4-15(23)12-19(20)24/h1-12,26H. The van der Waals surface area contributed by atoms with Crippen molar-refractivity contribution in [3.8, 4) is 21.7 Å². The van der Waals surface area contributed by atoms with Crippen LogP contribution in [-0.2, 0) is 10.0 Å². The number of nitrogens with zero attached hydrogens (tertiary/aromatic N) is 1. The van der Waals surface area contributed by atoms with Crippen LogP contribution in [0.1, 0.15) is 0 Å². The molecule has 0 spiro atoms. The van der Waals surface area contributed by atoms with E-state index in [1.807, 2.05) is 17.5 Å². The Kier molecular flexibility index (Phi) is 5.55. The van der Waals surface area contributed by atoms with E-state index in [1.54, 1.807) is 36.5 Å². The molecule has 4 aromatic rings. The number of benzene rings is 3. The molecule has 4 nitrogen and oxygen atoms in total. The normalized spacial score (nSPS) is 11.4. The number of sulfonamides is 1. The number of halogens is 3. The van der Waals surface area contributed by atoms with Crippen LogP contribution in [0.25, 0.3) is 21.7 Å². The third-order valence-electron chi connectivity index (χ3n) is 4.28. The van der Waals surface area contributed by atoms with Gasteiger partial charge in [-0.25, -0.2) is 22.2 Å². The molecule has 1 aromatic heterocycles. The maximum atomic E-state index is 13.9. The summed E-state index contributed by atoms with van der Waals surface area (Å²) in [5.41, 5.74) is 2.69. The van der Waals surface area contributed by atoms with Gasteiger partial charge in [-0.3, -0.25) is 4.72 Å². The largest absolute Gasteiger partial charge is 0.280 e. The van der Waals surface area contributed by atoms with E-state index >= 15 is 0 Å². The summed E-state index contributed by atoms with van der Waals surface area (Å²) < 4.78 is 54.0.